The molecule has 36 heavy (non-hydrogen) atoms. The fraction of sp³-hybridized carbons (Fsp3) is 0.192. The SMILES string of the molecule is CCOc1c(NCC(=O)N/N=C(/C)c2ccc(NC(C)=O)cc2)cccc1S(=O)(=O)c1ccccc1. The molecule has 188 valence electrons. The van der Waals surface area contributed by atoms with Gasteiger partial charge in [0.2, 0.25) is 15.7 Å². The Morgan fingerprint density at radius 1 is 0.917 bits per heavy atom. The van der Waals surface area contributed by atoms with Gasteiger partial charge in [0.1, 0.15) is 4.90 Å². The number of carbonyl (C=O) groups is 2. The van der Waals surface area contributed by atoms with Crippen LogP contribution in [0.15, 0.2) is 87.7 Å². The molecule has 0 saturated heterocycles. The number of nitrogens with one attached hydrogen (secondary N) is 3. The molecule has 2 amide bonds. The summed E-state index contributed by atoms with van der Waals surface area (Å²) in [6, 6.07) is 19.8. The van der Waals surface area contributed by atoms with Crippen molar-refractivity contribution in [3.05, 3.63) is 78.4 Å². The summed E-state index contributed by atoms with van der Waals surface area (Å²) < 4.78 is 32.0. The molecule has 3 aromatic carbocycles. The second kappa shape index (κ2) is 12.0. The van der Waals surface area contributed by atoms with Gasteiger partial charge in [0.05, 0.1) is 29.4 Å². The molecule has 3 N–H and O–H groups in total. The zero-order chi connectivity index (χ0) is 26.1. The number of nitrogens with zero attached hydrogens (tertiary/aromatic N) is 1. The molecule has 3 rings (SSSR count). The normalized spacial score (nSPS) is 11.5. The molecule has 0 unspecified atom stereocenters. The highest BCUT2D eigenvalue weighted by Crippen LogP contribution is 2.35. The van der Waals surface area contributed by atoms with Gasteiger partial charge in [-0.15, -0.1) is 0 Å². The van der Waals surface area contributed by atoms with Crippen LogP contribution in [0.5, 0.6) is 5.75 Å². The summed E-state index contributed by atoms with van der Waals surface area (Å²) in [6.45, 7) is 5.01. The quantitative estimate of drug-likeness (QED) is 0.282. The lowest BCUT2D eigenvalue weighted by molar-refractivity contribution is -0.119. The van der Waals surface area contributed by atoms with Crippen molar-refractivity contribution in [1.29, 1.82) is 0 Å². The fourth-order valence-corrected chi connectivity index (χ4v) is 4.75. The Kier molecular flexibility index (Phi) is 8.80. The van der Waals surface area contributed by atoms with Crippen molar-refractivity contribution in [2.24, 2.45) is 5.10 Å². The number of amides is 2. The van der Waals surface area contributed by atoms with E-state index in [9.17, 15) is 18.0 Å². The average molecular weight is 509 g/mol. The number of hydrogen-bond donors (Lipinski definition) is 3. The first-order valence-corrected chi connectivity index (χ1v) is 12.7. The van der Waals surface area contributed by atoms with Gasteiger partial charge in [0.25, 0.3) is 5.91 Å². The molecule has 3 aromatic rings. The number of benzene rings is 3. The van der Waals surface area contributed by atoms with Crippen LogP contribution in [0.4, 0.5) is 11.4 Å². The highest BCUT2D eigenvalue weighted by molar-refractivity contribution is 7.91. The highest BCUT2D eigenvalue weighted by atomic mass is 32.2. The van der Waals surface area contributed by atoms with E-state index in [0.29, 0.717) is 17.1 Å². The predicted octanol–water partition coefficient (Wildman–Crippen LogP) is 3.83. The van der Waals surface area contributed by atoms with E-state index < -0.39 is 15.7 Å². The topological polar surface area (TPSA) is 126 Å². The predicted molar refractivity (Wildman–Crippen MR) is 139 cm³/mol. The molecule has 0 bridgehead atoms. The summed E-state index contributed by atoms with van der Waals surface area (Å²) in [7, 11) is -3.83. The summed E-state index contributed by atoms with van der Waals surface area (Å²) in [6.07, 6.45) is 0. The van der Waals surface area contributed by atoms with E-state index in [1.54, 1.807) is 68.4 Å². The number of carbonyl (C=O) groups excluding carboxylic acids is 2. The number of sulfone groups is 1. The Hall–Kier alpha value is -4.18. The van der Waals surface area contributed by atoms with Gasteiger partial charge in [-0.25, -0.2) is 13.8 Å². The van der Waals surface area contributed by atoms with Crippen LogP contribution in [-0.2, 0) is 19.4 Å². The summed E-state index contributed by atoms with van der Waals surface area (Å²) in [4.78, 5) is 23.7. The van der Waals surface area contributed by atoms with Gasteiger partial charge < -0.3 is 15.4 Å². The summed E-state index contributed by atoms with van der Waals surface area (Å²) in [5.41, 5.74) is 4.86. The fourth-order valence-electron chi connectivity index (χ4n) is 3.31. The molecule has 0 spiro atoms. The lowest BCUT2D eigenvalue weighted by Crippen LogP contribution is -2.27. The summed E-state index contributed by atoms with van der Waals surface area (Å²) in [5, 5.41) is 9.74. The Bertz CT molecular complexity index is 1350. The van der Waals surface area contributed by atoms with Gasteiger partial charge in [0.15, 0.2) is 5.75 Å². The van der Waals surface area contributed by atoms with E-state index in [-0.39, 0.29) is 34.6 Å². The molecule has 0 aliphatic carbocycles. The highest BCUT2D eigenvalue weighted by Gasteiger charge is 2.24. The third-order valence-electron chi connectivity index (χ3n) is 5.02. The molecule has 0 saturated carbocycles. The number of hydrogen-bond acceptors (Lipinski definition) is 7. The number of ether oxygens (including phenoxy) is 1. The average Bonchev–Trinajstić information content (AvgIpc) is 2.87. The Balaban J connectivity index is 1.71. The first-order valence-electron chi connectivity index (χ1n) is 11.2. The molecular weight excluding hydrogens is 480 g/mol. The maximum absolute atomic E-state index is 13.2. The molecule has 0 radical (unpaired) electrons. The largest absolute Gasteiger partial charge is 0.490 e. The van der Waals surface area contributed by atoms with Crippen molar-refractivity contribution >= 4 is 38.7 Å². The minimum Gasteiger partial charge on any atom is -0.490 e. The minimum absolute atomic E-state index is 0.0116. The standard InChI is InChI=1S/C26H28N4O5S/c1-4-35-26-23(11-8-12-24(26)36(33,34)22-9-6-5-7-10-22)27-17-25(32)30-29-18(2)20-13-15-21(16-14-20)28-19(3)31/h5-16,27H,4,17H2,1-3H3,(H,28,31)(H,30,32)/b29-18-. The Morgan fingerprint density at radius 3 is 2.25 bits per heavy atom. The van der Waals surface area contributed by atoms with Crippen molar-refractivity contribution < 1.29 is 22.7 Å². The van der Waals surface area contributed by atoms with Crippen molar-refractivity contribution in [2.45, 2.75) is 30.6 Å². The number of rotatable bonds is 10. The molecule has 0 aromatic heterocycles. The van der Waals surface area contributed by atoms with Gasteiger partial charge >= 0.3 is 0 Å². The molecule has 10 heteroatoms. The first-order chi connectivity index (χ1) is 17.2. The van der Waals surface area contributed by atoms with Crippen LogP contribution in [0.3, 0.4) is 0 Å². The first kappa shape index (κ1) is 26.4. The third kappa shape index (κ3) is 6.70. The maximum atomic E-state index is 13.2. The van der Waals surface area contributed by atoms with Crippen LogP contribution >= 0.6 is 0 Å². The Labute approximate surface area is 210 Å². The van der Waals surface area contributed by atoms with Crippen LogP contribution in [-0.4, -0.2) is 39.1 Å². The van der Waals surface area contributed by atoms with E-state index in [4.69, 9.17) is 4.74 Å². The van der Waals surface area contributed by atoms with E-state index in [0.717, 1.165) is 5.56 Å². The molecule has 9 nitrogen and oxygen atoms in total. The van der Waals surface area contributed by atoms with Gasteiger partial charge in [-0.1, -0.05) is 36.4 Å². The van der Waals surface area contributed by atoms with Crippen molar-refractivity contribution in [3.63, 3.8) is 0 Å². The van der Waals surface area contributed by atoms with Gasteiger partial charge in [0, 0.05) is 12.6 Å². The smallest absolute Gasteiger partial charge is 0.259 e. The second-order valence-corrected chi connectivity index (χ2v) is 9.64. The van der Waals surface area contributed by atoms with Gasteiger partial charge in [-0.2, -0.15) is 5.10 Å². The zero-order valence-corrected chi connectivity index (χ0v) is 21.1. The molecule has 0 atom stereocenters. The monoisotopic (exact) mass is 508 g/mol. The lowest BCUT2D eigenvalue weighted by Gasteiger charge is -2.16. The van der Waals surface area contributed by atoms with Gasteiger partial charge in [-0.05, 0) is 55.8 Å². The van der Waals surface area contributed by atoms with Crippen LogP contribution in [0.2, 0.25) is 0 Å². The van der Waals surface area contributed by atoms with Crippen LogP contribution in [0, 0.1) is 0 Å². The van der Waals surface area contributed by atoms with Crippen LogP contribution in [0.25, 0.3) is 0 Å². The molecule has 0 heterocycles. The number of hydrazone groups is 1. The number of anilines is 2. The van der Waals surface area contributed by atoms with E-state index >= 15 is 0 Å². The molecule has 0 aliphatic heterocycles. The number of para-hydroxylation sites is 1. The Morgan fingerprint density at radius 2 is 1.61 bits per heavy atom. The van der Waals surface area contributed by atoms with E-state index in [1.807, 2.05) is 0 Å². The van der Waals surface area contributed by atoms with E-state index in [1.165, 1.54) is 25.1 Å². The zero-order valence-electron chi connectivity index (χ0n) is 20.2. The minimum atomic E-state index is -3.83. The molecule has 0 fully saturated rings. The lowest BCUT2D eigenvalue weighted by atomic mass is 10.1. The van der Waals surface area contributed by atoms with Gasteiger partial charge in [-0.3, -0.25) is 9.59 Å². The van der Waals surface area contributed by atoms with Crippen LogP contribution in [0.1, 0.15) is 26.3 Å². The van der Waals surface area contributed by atoms with Crippen molar-refractivity contribution in [1.82, 2.24) is 5.43 Å². The van der Waals surface area contributed by atoms with E-state index in [2.05, 4.69) is 21.2 Å². The van der Waals surface area contributed by atoms with Crippen LogP contribution < -0.4 is 20.8 Å². The second-order valence-electron chi connectivity index (χ2n) is 7.73. The van der Waals surface area contributed by atoms with Crippen molar-refractivity contribution in [3.8, 4) is 5.75 Å². The summed E-state index contributed by atoms with van der Waals surface area (Å²) in [5.74, 6) is -0.442. The molecule has 0 aliphatic rings. The third-order valence-corrected chi connectivity index (χ3v) is 6.81. The van der Waals surface area contributed by atoms with Crippen molar-refractivity contribution in [2.75, 3.05) is 23.8 Å². The maximum Gasteiger partial charge on any atom is 0.259 e. The summed E-state index contributed by atoms with van der Waals surface area (Å²) >= 11 is 0. The molecular formula is C26H28N4O5S.